The Kier molecular flexibility index (Phi) is 4.66. The fraction of sp³-hybridized carbons (Fsp3) is 0.529. The summed E-state index contributed by atoms with van der Waals surface area (Å²) in [7, 11) is 0. The van der Waals surface area contributed by atoms with Crippen LogP contribution in [0.15, 0.2) is 18.2 Å². The topological polar surface area (TPSA) is 66.4 Å². The second-order valence-electron chi connectivity index (χ2n) is 6.07. The van der Waals surface area contributed by atoms with Gasteiger partial charge in [-0.1, -0.05) is 43.4 Å². The van der Waals surface area contributed by atoms with E-state index in [9.17, 15) is 14.7 Å². The first kappa shape index (κ1) is 15.5. The molecule has 1 fully saturated rings. The SMILES string of the molecule is Cc1ccc(C)c(C(=O)NC2(C(=O)O)CCCCCC2)c1. The van der Waals surface area contributed by atoms with Gasteiger partial charge in [-0.2, -0.15) is 0 Å². The minimum atomic E-state index is -1.11. The summed E-state index contributed by atoms with van der Waals surface area (Å²) in [5.74, 6) is -1.19. The number of hydrogen-bond acceptors (Lipinski definition) is 2. The van der Waals surface area contributed by atoms with Crippen LogP contribution in [0.3, 0.4) is 0 Å². The number of aliphatic carboxylic acids is 1. The van der Waals surface area contributed by atoms with Gasteiger partial charge in [0.25, 0.3) is 5.91 Å². The molecule has 0 saturated heterocycles. The van der Waals surface area contributed by atoms with Crippen LogP contribution in [0.5, 0.6) is 0 Å². The van der Waals surface area contributed by atoms with Gasteiger partial charge in [-0.3, -0.25) is 4.79 Å². The molecule has 4 heteroatoms. The van der Waals surface area contributed by atoms with Gasteiger partial charge in [-0.05, 0) is 38.3 Å². The van der Waals surface area contributed by atoms with Crippen molar-refractivity contribution < 1.29 is 14.7 Å². The fourth-order valence-electron chi connectivity index (χ4n) is 2.99. The van der Waals surface area contributed by atoms with Gasteiger partial charge in [0.15, 0.2) is 0 Å². The monoisotopic (exact) mass is 289 g/mol. The lowest BCUT2D eigenvalue weighted by Crippen LogP contribution is -2.54. The van der Waals surface area contributed by atoms with Crippen LogP contribution in [0.4, 0.5) is 0 Å². The number of amides is 1. The summed E-state index contributed by atoms with van der Waals surface area (Å²) in [6, 6.07) is 5.66. The van der Waals surface area contributed by atoms with Crippen molar-refractivity contribution >= 4 is 11.9 Å². The molecule has 1 aromatic rings. The molecule has 1 saturated carbocycles. The molecule has 2 rings (SSSR count). The fourth-order valence-corrected chi connectivity index (χ4v) is 2.99. The van der Waals surface area contributed by atoms with Crippen molar-refractivity contribution in [3.8, 4) is 0 Å². The maximum atomic E-state index is 12.5. The van der Waals surface area contributed by atoms with E-state index in [1.54, 1.807) is 0 Å². The molecule has 1 aliphatic rings. The van der Waals surface area contributed by atoms with E-state index in [2.05, 4.69) is 5.32 Å². The van der Waals surface area contributed by atoms with Crippen molar-refractivity contribution in [2.24, 2.45) is 0 Å². The highest BCUT2D eigenvalue weighted by Gasteiger charge is 2.40. The van der Waals surface area contributed by atoms with E-state index in [4.69, 9.17) is 0 Å². The van der Waals surface area contributed by atoms with Crippen LogP contribution in [0.2, 0.25) is 0 Å². The third kappa shape index (κ3) is 3.43. The summed E-state index contributed by atoms with van der Waals surface area (Å²) in [5.41, 5.74) is 1.33. The quantitative estimate of drug-likeness (QED) is 0.840. The second kappa shape index (κ2) is 6.29. The molecule has 4 nitrogen and oxygen atoms in total. The Morgan fingerprint density at radius 2 is 1.71 bits per heavy atom. The summed E-state index contributed by atoms with van der Waals surface area (Å²) in [5, 5.41) is 12.4. The zero-order valence-corrected chi connectivity index (χ0v) is 12.7. The van der Waals surface area contributed by atoms with Crippen LogP contribution in [0.1, 0.15) is 60.0 Å². The van der Waals surface area contributed by atoms with Gasteiger partial charge in [0.2, 0.25) is 0 Å². The second-order valence-corrected chi connectivity index (χ2v) is 6.07. The summed E-state index contributed by atoms with van der Waals surface area (Å²) < 4.78 is 0. The average Bonchev–Trinajstić information content (AvgIpc) is 2.68. The van der Waals surface area contributed by atoms with Gasteiger partial charge in [0.05, 0.1) is 0 Å². The molecular formula is C17H23NO3. The van der Waals surface area contributed by atoms with Crippen molar-refractivity contribution in [1.82, 2.24) is 5.32 Å². The summed E-state index contributed by atoms with van der Waals surface area (Å²) in [4.78, 5) is 24.3. The number of benzene rings is 1. The van der Waals surface area contributed by atoms with Gasteiger partial charge in [0, 0.05) is 5.56 Å². The Labute approximate surface area is 125 Å². The highest BCUT2D eigenvalue weighted by atomic mass is 16.4. The summed E-state index contributed by atoms with van der Waals surface area (Å²) in [6.45, 7) is 3.80. The van der Waals surface area contributed by atoms with E-state index < -0.39 is 11.5 Å². The first-order valence-corrected chi connectivity index (χ1v) is 7.58. The number of carbonyl (C=O) groups excluding carboxylic acids is 1. The Morgan fingerprint density at radius 1 is 1.10 bits per heavy atom. The first-order valence-electron chi connectivity index (χ1n) is 7.58. The van der Waals surface area contributed by atoms with E-state index >= 15 is 0 Å². The molecule has 0 spiro atoms. The maximum Gasteiger partial charge on any atom is 0.329 e. The first-order chi connectivity index (χ1) is 9.94. The maximum absolute atomic E-state index is 12.5. The van der Waals surface area contributed by atoms with Crippen LogP contribution in [0.25, 0.3) is 0 Å². The number of carboxylic acid groups (broad SMARTS) is 1. The molecule has 2 N–H and O–H groups in total. The zero-order chi connectivity index (χ0) is 15.5. The number of carbonyl (C=O) groups is 2. The van der Waals surface area contributed by atoms with Crippen LogP contribution < -0.4 is 5.32 Å². The molecule has 0 unspecified atom stereocenters. The standard InChI is InChI=1S/C17H23NO3/c1-12-7-8-13(2)14(11-12)15(19)18-17(16(20)21)9-5-3-4-6-10-17/h7-8,11H,3-6,9-10H2,1-2H3,(H,18,19)(H,20,21). The lowest BCUT2D eigenvalue weighted by atomic mass is 9.89. The molecule has 1 aromatic carbocycles. The Balaban J connectivity index is 2.26. The van der Waals surface area contributed by atoms with Crippen LogP contribution in [0, 0.1) is 13.8 Å². The highest BCUT2D eigenvalue weighted by Crippen LogP contribution is 2.28. The van der Waals surface area contributed by atoms with Crippen molar-refractivity contribution in [3.63, 3.8) is 0 Å². The van der Waals surface area contributed by atoms with Crippen molar-refractivity contribution in [2.75, 3.05) is 0 Å². The predicted molar refractivity (Wildman–Crippen MR) is 81.5 cm³/mol. The Morgan fingerprint density at radius 3 is 2.29 bits per heavy atom. The lowest BCUT2D eigenvalue weighted by Gasteiger charge is -2.29. The normalized spacial score (nSPS) is 17.8. The number of aryl methyl sites for hydroxylation is 2. The molecule has 0 aromatic heterocycles. The zero-order valence-electron chi connectivity index (χ0n) is 12.7. The minimum Gasteiger partial charge on any atom is -0.480 e. The number of rotatable bonds is 3. The van der Waals surface area contributed by atoms with Gasteiger partial charge >= 0.3 is 5.97 Å². The molecule has 0 atom stereocenters. The van der Waals surface area contributed by atoms with Crippen LogP contribution >= 0.6 is 0 Å². The molecule has 0 bridgehead atoms. The molecule has 21 heavy (non-hydrogen) atoms. The van der Waals surface area contributed by atoms with Crippen molar-refractivity contribution in [2.45, 2.75) is 57.9 Å². The van der Waals surface area contributed by atoms with Gasteiger partial charge in [-0.25, -0.2) is 4.79 Å². The van der Waals surface area contributed by atoms with E-state index in [1.807, 2.05) is 32.0 Å². The molecule has 1 aliphatic carbocycles. The molecule has 114 valence electrons. The lowest BCUT2D eigenvalue weighted by molar-refractivity contribution is -0.145. The molecule has 0 heterocycles. The van der Waals surface area contributed by atoms with Gasteiger partial charge < -0.3 is 10.4 Å². The number of nitrogens with one attached hydrogen (secondary N) is 1. The van der Waals surface area contributed by atoms with E-state index in [-0.39, 0.29) is 5.91 Å². The third-order valence-corrected chi connectivity index (χ3v) is 4.36. The summed E-state index contributed by atoms with van der Waals surface area (Å²) >= 11 is 0. The van der Waals surface area contributed by atoms with Crippen molar-refractivity contribution in [1.29, 1.82) is 0 Å². The third-order valence-electron chi connectivity index (χ3n) is 4.36. The molecule has 0 radical (unpaired) electrons. The number of carboxylic acids is 1. The van der Waals surface area contributed by atoms with Crippen LogP contribution in [-0.2, 0) is 4.79 Å². The van der Waals surface area contributed by atoms with E-state index in [1.165, 1.54) is 0 Å². The van der Waals surface area contributed by atoms with E-state index in [0.717, 1.165) is 36.8 Å². The van der Waals surface area contributed by atoms with Crippen LogP contribution in [-0.4, -0.2) is 22.5 Å². The van der Waals surface area contributed by atoms with Gasteiger partial charge in [-0.15, -0.1) is 0 Å². The van der Waals surface area contributed by atoms with Crippen molar-refractivity contribution in [3.05, 3.63) is 34.9 Å². The van der Waals surface area contributed by atoms with Gasteiger partial charge in [0.1, 0.15) is 5.54 Å². The summed E-state index contributed by atoms with van der Waals surface area (Å²) in [6.07, 6.45) is 4.79. The van der Waals surface area contributed by atoms with E-state index in [0.29, 0.717) is 18.4 Å². The highest BCUT2D eigenvalue weighted by molar-refractivity contribution is 5.99. The number of hydrogen-bond donors (Lipinski definition) is 2. The molecule has 1 amide bonds. The molecule has 0 aliphatic heterocycles. The predicted octanol–water partition coefficient (Wildman–Crippen LogP) is 3.21. The molecular weight excluding hydrogens is 266 g/mol. The minimum absolute atomic E-state index is 0.277. The Hall–Kier alpha value is -1.84. The Bertz CT molecular complexity index is 543. The largest absolute Gasteiger partial charge is 0.480 e. The smallest absolute Gasteiger partial charge is 0.329 e. The average molecular weight is 289 g/mol.